The first-order valence-electron chi connectivity index (χ1n) is 7.36. The molecule has 3 heterocycles. The molecule has 2 aromatic rings. The van der Waals surface area contributed by atoms with Gasteiger partial charge in [-0.2, -0.15) is 0 Å². The van der Waals surface area contributed by atoms with Crippen LogP contribution in [0.15, 0.2) is 30.5 Å². The molecule has 0 amide bonds. The standard InChI is InChI=1S/C16H18ClN3/c17-11-3-4-12-13(5-7-18-15(12)10-11)19-14-6-9-20-8-1-2-16(14)20/h3-5,7,10,14,16H,1-2,6,8-9H2,(H,18,19). The lowest BCUT2D eigenvalue weighted by Gasteiger charge is -2.23. The van der Waals surface area contributed by atoms with Gasteiger partial charge in [0, 0.05) is 40.9 Å². The quantitative estimate of drug-likeness (QED) is 0.916. The zero-order valence-corrected chi connectivity index (χ0v) is 12.1. The molecule has 2 aliphatic rings. The van der Waals surface area contributed by atoms with Gasteiger partial charge in [0.25, 0.3) is 0 Å². The lowest BCUT2D eigenvalue weighted by Crippen LogP contribution is -2.33. The summed E-state index contributed by atoms with van der Waals surface area (Å²) in [5.74, 6) is 0. The minimum absolute atomic E-state index is 0.568. The number of benzene rings is 1. The van der Waals surface area contributed by atoms with E-state index in [-0.39, 0.29) is 0 Å². The summed E-state index contributed by atoms with van der Waals surface area (Å²) in [7, 11) is 0. The molecule has 4 heteroatoms. The van der Waals surface area contributed by atoms with E-state index in [0.29, 0.717) is 12.1 Å². The fraction of sp³-hybridized carbons (Fsp3) is 0.438. The van der Waals surface area contributed by atoms with Crippen LogP contribution in [0.1, 0.15) is 19.3 Å². The van der Waals surface area contributed by atoms with Gasteiger partial charge in [-0.05, 0) is 50.1 Å². The van der Waals surface area contributed by atoms with Gasteiger partial charge in [-0.15, -0.1) is 0 Å². The summed E-state index contributed by atoms with van der Waals surface area (Å²) in [4.78, 5) is 7.03. The number of rotatable bonds is 2. The van der Waals surface area contributed by atoms with Crippen molar-refractivity contribution in [2.75, 3.05) is 18.4 Å². The second-order valence-corrected chi connectivity index (χ2v) is 6.24. The van der Waals surface area contributed by atoms with Crippen molar-refractivity contribution in [3.05, 3.63) is 35.5 Å². The molecule has 1 aromatic carbocycles. The second kappa shape index (κ2) is 4.90. The van der Waals surface area contributed by atoms with Crippen LogP contribution in [0.3, 0.4) is 0 Å². The Kier molecular flexibility index (Phi) is 3.04. The number of nitrogens with one attached hydrogen (secondary N) is 1. The van der Waals surface area contributed by atoms with E-state index >= 15 is 0 Å². The number of nitrogens with zero attached hydrogens (tertiary/aromatic N) is 2. The Morgan fingerprint density at radius 1 is 1.20 bits per heavy atom. The Morgan fingerprint density at radius 2 is 2.15 bits per heavy atom. The highest BCUT2D eigenvalue weighted by molar-refractivity contribution is 6.31. The van der Waals surface area contributed by atoms with Crippen LogP contribution in [0.2, 0.25) is 5.02 Å². The maximum atomic E-state index is 6.05. The highest BCUT2D eigenvalue weighted by Gasteiger charge is 2.37. The zero-order valence-electron chi connectivity index (χ0n) is 11.3. The van der Waals surface area contributed by atoms with E-state index in [0.717, 1.165) is 15.9 Å². The van der Waals surface area contributed by atoms with Crippen LogP contribution in [-0.4, -0.2) is 35.1 Å². The molecule has 1 N–H and O–H groups in total. The number of halogens is 1. The molecule has 3 nitrogen and oxygen atoms in total. The van der Waals surface area contributed by atoms with E-state index < -0.39 is 0 Å². The van der Waals surface area contributed by atoms with Crippen LogP contribution in [0.5, 0.6) is 0 Å². The fourth-order valence-corrected chi connectivity index (χ4v) is 3.86. The number of fused-ring (bicyclic) bond motifs is 2. The number of hydrogen-bond donors (Lipinski definition) is 1. The van der Waals surface area contributed by atoms with Crippen molar-refractivity contribution >= 4 is 28.2 Å². The molecule has 20 heavy (non-hydrogen) atoms. The topological polar surface area (TPSA) is 28.2 Å². The van der Waals surface area contributed by atoms with Crippen molar-refractivity contribution in [3.63, 3.8) is 0 Å². The molecule has 0 radical (unpaired) electrons. The van der Waals surface area contributed by atoms with Gasteiger partial charge >= 0.3 is 0 Å². The Hall–Kier alpha value is -1.32. The maximum absolute atomic E-state index is 6.05. The molecule has 2 atom stereocenters. The summed E-state index contributed by atoms with van der Waals surface area (Å²) in [6.45, 7) is 2.51. The highest BCUT2D eigenvalue weighted by atomic mass is 35.5. The third-order valence-corrected chi connectivity index (χ3v) is 4.89. The van der Waals surface area contributed by atoms with Crippen molar-refractivity contribution < 1.29 is 0 Å². The molecule has 2 aliphatic heterocycles. The predicted molar refractivity (Wildman–Crippen MR) is 83.4 cm³/mol. The zero-order chi connectivity index (χ0) is 13.5. The van der Waals surface area contributed by atoms with Crippen molar-refractivity contribution in [3.8, 4) is 0 Å². The summed E-state index contributed by atoms with van der Waals surface area (Å²) in [6.07, 6.45) is 5.77. The SMILES string of the molecule is Clc1ccc2c(NC3CCN4CCCC34)ccnc2c1. The molecule has 104 valence electrons. The van der Waals surface area contributed by atoms with Gasteiger partial charge in [0.15, 0.2) is 0 Å². The minimum atomic E-state index is 0.568. The lowest BCUT2D eigenvalue weighted by molar-refractivity contribution is 0.318. The Bertz CT molecular complexity index is 643. The molecule has 0 saturated carbocycles. The van der Waals surface area contributed by atoms with E-state index in [1.54, 1.807) is 0 Å². The monoisotopic (exact) mass is 287 g/mol. The smallest absolute Gasteiger partial charge is 0.0737 e. The van der Waals surface area contributed by atoms with Crippen LogP contribution >= 0.6 is 11.6 Å². The number of aromatic nitrogens is 1. The van der Waals surface area contributed by atoms with Crippen LogP contribution < -0.4 is 5.32 Å². The van der Waals surface area contributed by atoms with E-state index in [1.807, 2.05) is 18.3 Å². The lowest BCUT2D eigenvalue weighted by atomic mass is 10.1. The minimum Gasteiger partial charge on any atom is -0.380 e. The number of hydrogen-bond acceptors (Lipinski definition) is 3. The predicted octanol–water partition coefficient (Wildman–Crippen LogP) is 3.54. The Labute approximate surface area is 123 Å². The van der Waals surface area contributed by atoms with Gasteiger partial charge in [0.1, 0.15) is 0 Å². The van der Waals surface area contributed by atoms with Crippen LogP contribution in [0.4, 0.5) is 5.69 Å². The molecule has 0 bridgehead atoms. The van der Waals surface area contributed by atoms with E-state index in [1.165, 1.54) is 38.0 Å². The first-order chi connectivity index (χ1) is 9.81. The van der Waals surface area contributed by atoms with Crippen molar-refractivity contribution in [2.24, 2.45) is 0 Å². The molecule has 2 fully saturated rings. The fourth-order valence-electron chi connectivity index (χ4n) is 3.70. The summed E-state index contributed by atoms with van der Waals surface area (Å²) in [5.41, 5.74) is 2.15. The highest BCUT2D eigenvalue weighted by Crippen LogP contribution is 2.32. The van der Waals surface area contributed by atoms with Crippen LogP contribution in [0.25, 0.3) is 10.9 Å². The van der Waals surface area contributed by atoms with Gasteiger partial charge in [-0.25, -0.2) is 0 Å². The largest absolute Gasteiger partial charge is 0.380 e. The van der Waals surface area contributed by atoms with Crippen LogP contribution in [-0.2, 0) is 0 Å². The number of pyridine rings is 1. The first kappa shape index (κ1) is 12.4. The summed E-state index contributed by atoms with van der Waals surface area (Å²) in [5, 5.41) is 5.65. The van der Waals surface area contributed by atoms with E-state index in [2.05, 4.69) is 27.3 Å². The third kappa shape index (κ3) is 2.05. The van der Waals surface area contributed by atoms with Crippen LogP contribution in [0, 0.1) is 0 Å². The van der Waals surface area contributed by atoms with E-state index in [9.17, 15) is 0 Å². The average Bonchev–Trinajstić information content (AvgIpc) is 3.03. The maximum Gasteiger partial charge on any atom is 0.0737 e. The first-order valence-corrected chi connectivity index (χ1v) is 7.74. The number of anilines is 1. The molecular formula is C16H18ClN3. The van der Waals surface area contributed by atoms with Gasteiger partial charge in [-0.3, -0.25) is 9.88 Å². The van der Waals surface area contributed by atoms with Crippen molar-refractivity contribution in [2.45, 2.75) is 31.3 Å². The molecule has 4 rings (SSSR count). The Balaban J connectivity index is 1.65. The third-order valence-electron chi connectivity index (χ3n) is 4.65. The average molecular weight is 288 g/mol. The molecule has 0 aliphatic carbocycles. The van der Waals surface area contributed by atoms with Gasteiger partial charge in [-0.1, -0.05) is 11.6 Å². The molecule has 2 saturated heterocycles. The Morgan fingerprint density at radius 3 is 3.10 bits per heavy atom. The summed E-state index contributed by atoms with van der Waals surface area (Å²) in [6, 6.07) is 9.29. The van der Waals surface area contributed by atoms with Gasteiger partial charge in [0.2, 0.25) is 0 Å². The molecule has 1 aromatic heterocycles. The van der Waals surface area contributed by atoms with Crippen molar-refractivity contribution in [1.82, 2.24) is 9.88 Å². The normalized spacial score (nSPS) is 26.1. The van der Waals surface area contributed by atoms with Crippen molar-refractivity contribution in [1.29, 1.82) is 0 Å². The van der Waals surface area contributed by atoms with Gasteiger partial charge < -0.3 is 5.32 Å². The molecule has 0 spiro atoms. The molecular weight excluding hydrogens is 270 g/mol. The molecule has 2 unspecified atom stereocenters. The van der Waals surface area contributed by atoms with E-state index in [4.69, 9.17) is 11.6 Å². The second-order valence-electron chi connectivity index (χ2n) is 5.81. The van der Waals surface area contributed by atoms with Gasteiger partial charge in [0.05, 0.1) is 5.52 Å². The summed E-state index contributed by atoms with van der Waals surface area (Å²) >= 11 is 6.05. The summed E-state index contributed by atoms with van der Waals surface area (Å²) < 4.78 is 0.